The van der Waals surface area contributed by atoms with Gasteiger partial charge in [0.1, 0.15) is 0 Å². The molecule has 0 saturated heterocycles. The highest BCUT2D eigenvalue weighted by atomic mass is 16.5. The molecule has 1 aliphatic rings. The van der Waals surface area contributed by atoms with Gasteiger partial charge in [-0.2, -0.15) is 0 Å². The highest BCUT2D eigenvalue weighted by molar-refractivity contribution is 5.72. The van der Waals surface area contributed by atoms with Gasteiger partial charge in [0.25, 0.3) is 0 Å². The first kappa shape index (κ1) is 12.5. The molecule has 1 fully saturated rings. The Hall–Kier alpha value is -0.530. The second kappa shape index (κ2) is 6.14. The number of carbonyl (C=O) groups excluding carboxylic acids is 1. The number of hydrogen-bond donors (Lipinski definition) is 0. The van der Waals surface area contributed by atoms with Crippen LogP contribution in [0.25, 0.3) is 0 Å². The molecule has 87 valence electrons. The molecule has 2 heteroatoms. The van der Waals surface area contributed by atoms with Crippen molar-refractivity contribution in [2.24, 2.45) is 17.8 Å². The van der Waals surface area contributed by atoms with Crippen LogP contribution in [0.5, 0.6) is 0 Å². The lowest BCUT2D eigenvalue weighted by molar-refractivity contribution is -0.148. The Morgan fingerprint density at radius 3 is 2.80 bits per heavy atom. The van der Waals surface area contributed by atoms with Crippen LogP contribution in [-0.2, 0) is 9.53 Å². The summed E-state index contributed by atoms with van der Waals surface area (Å²) < 4.78 is 5.24. The molecule has 1 rings (SSSR count). The maximum absolute atomic E-state index is 11.6. The number of hydrogen-bond acceptors (Lipinski definition) is 2. The SMILES string of the molecule is [CH2]C(C)C1CCC(C(=O)OCCCC)C1. The number of carbonyl (C=O) groups is 1. The Bertz CT molecular complexity index is 199. The molecule has 3 atom stereocenters. The average molecular weight is 211 g/mol. The molecule has 0 heterocycles. The summed E-state index contributed by atoms with van der Waals surface area (Å²) in [5.74, 6) is 1.25. The molecule has 0 spiro atoms. The van der Waals surface area contributed by atoms with Gasteiger partial charge in [-0.3, -0.25) is 4.79 Å². The first-order chi connectivity index (χ1) is 7.15. The van der Waals surface area contributed by atoms with Gasteiger partial charge in [0, 0.05) is 0 Å². The van der Waals surface area contributed by atoms with E-state index >= 15 is 0 Å². The van der Waals surface area contributed by atoms with E-state index < -0.39 is 0 Å². The van der Waals surface area contributed by atoms with E-state index in [0.29, 0.717) is 18.4 Å². The molecule has 1 aliphatic carbocycles. The van der Waals surface area contributed by atoms with Gasteiger partial charge < -0.3 is 4.74 Å². The molecule has 0 aromatic rings. The molecule has 2 nitrogen and oxygen atoms in total. The molecule has 0 aromatic heterocycles. The minimum atomic E-state index is 0.0200. The fourth-order valence-electron chi connectivity index (χ4n) is 2.18. The number of rotatable bonds is 5. The van der Waals surface area contributed by atoms with Crippen LogP contribution >= 0.6 is 0 Å². The predicted octanol–water partition coefficient (Wildman–Crippen LogP) is 3.22. The van der Waals surface area contributed by atoms with Crippen LogP contribution in [-0.4, -0.2) is 12.6 Å². The first-order valence-corrected chi connectivity index (χ1v) is 6.14. The zero-order valence-corrected chi connectivity index (χ0v) is 10.00. The van der Waals surface area contributed by atoms with Crippen LogP contribution in [0, 0.1) is 24.7 Å². The minimum absolute atomic E-state index is 0.0200. The summed E-state index contributed by atoms with van der Waals surface area (Å²) >= 11 is 0. The number of ether oxygens (including phenoxy) is 1. The molecule has 15 heavy (non-hydrogen) atoms. The summed E-state index contributed by atoms with van der Waals surface area (Å²) in [5, 5.41) is 0. The Kier molecular flexibility index (Phi) is 5.13. The molecule has 1 radical (unpaired) electrons. The van der Waals surface area contributed by atoms with Gasteiger partial charge in [0.05, 0.1) is 12.5 Å². The zero-order valence-electron chi connectivity index (χ0n) is 10.00. The highest BCUT2D eigenvalue weighted by Crippen LogP contribution is 2.36. The van der Waals surface area contributed by atoms with Crippen molar-refractivity contribution in [3.63, 3.8) is 0 Å². The third kappa shape index (κ3) is 3.84. The summed E-state index contributed by atoms with van der Waals surface area (Å²) in [6.45, 7) is 8.87. The molecular formula is C13H23O2. The average Bonchev–Trinajstić information content (AvgIpc) is 2.66. The smallest absolute Gasteiger partial charge is 0.308 e. The van der Waals surface area contributed by atoms with E-state index in [1.165, 1.54) is 0 Å². The zero-order chi connectivity index (χ0) is 11.3. The molecular weight excluding hydrogens is 188 g/mol. The van der Waals surface area contributed by atoms with Gasteiger partial charge >= 0.3 is 5.97 Å². The molecule has 0 bridgehead atoms. The largest absolute Gasteiger partial charge is 0.465 e. The van der Waals surface area contributed by atoms with Crippen molar-refractivity contribution in [2.45, 2.75) is 46.0 Å². The van der Waals surface area contributed by atoms with Gasteiger partial charge in [-0.15, -0.1) is 0 Å². The van der Waals surface area contributed by atoms with Crippen molar-refractivity contribution < 1.29 is 9.53 Å². The Labute approximate surface area is 93.4 Å². The van der Waals surface area contributed by atoms with E-state index in [-0.39, 0.29) is 11.9 Å². The third-order valence-electron chi connectivity index (χ3n) is 3.35. The van der Waals surface area contributed by atoms with E-state index in [4.69, 9.17) is 4.74 Å². The molecule has 0 amide bonds. The van der Waals surface area contributed by atoms with Crippen LogP contribution in [0.1, 0.15) is 46.0 Å². The van der Waals surface area contributed by atoms with E-state index in [1.54, 1.807) is 0 Å². The summed E-state index contributed by atoms with van der Waals surface area (Å²) in [4.78, 5) is 11.6. The summed E-state index contributed by atoms with van der Waals surface area (Å²) in [7, 11) is 0. The van der Waals surface area contributed by atoms with Gasteiger partial charge in [0.15, 0.2) is 0 Å². The lowest BCUT2D eigenvalue weighted by Gasteiger charge is -2.14. The second-order valence-corrected chi connectivity index (χ2v) is 4.77. The molecule has 3 unspecified atom stereocenters. The molecule has 0 aliphatic heterocycles. The Morgan fingerprint density at radius 1 is 1.53 bits per heavy atom. The summed E-state index contributed by atoms with van der Waals surface area (Å²) in [6, 6.07) is 0. The number of unbranched alkanes of at least 4 members (excludes halogenated alkanes) is 1. The lowest BCUT2D eigenvalue weighted by atomic mass is 9.93. The van der Waals surface area contributed by atoms with Crippen LogP contribution in [0.2, 0.25) is 0 Å². The van der Waals surface area contributed by atoms with E-state index in [2.05, 4.69) is 20.8 Å². The van der Waals surface area contributed by atoms with E-state index in [0.717, 1.165) is 32.1 Å². The summed E-state index contributed by atoms with van der Waals surface area (Å²) in [6.07, 6.45) is 5.17. The quantitative estimate of drug-likeness (QED) is 0.515. The van der Waals surface area contributed by atoms with E-state index in [1.807, 2.05) is 0 Å². The molecule has 0 N–H and O–H groups in total. The van der Waals surface area contributed by atoms with Gasteiger partial charge in [0.2, 0.25) is 0 Å². The van der Waals surface area contributed by atoms with Crippen molar-refractivity contribution >= 4 is 5.97 Å². The Balaban J connectivity index is 2.24. The van der Waals surface area contributed by atoms with E-state index in [9.17, 15) is 4.79 Å². The van der Waals surface area contributed by atoms with Crippen molar-refractivity contribution in [2.75, 3.05) is 6.61 Å². The normalized spacial score (nSPS) is 25.9. The van der Waals surface area contributed by atoms with Gasteiger partial charge in [-0.1, -0.05) is 27.2 Å². The molecule has 1 saturated carbocycles. The van der Waals surface area contributed by atoms with Crippen LogP contribution in [0.4, 0.5) is 0 Å². The maximum Gasteiger partial charge on any atom is 0.308 e. The second-order valence-electron chi connectivity index (χ2n) is 4.77. The first-order valence-electron chi connectivity index (χ1n) is 6.14. The predicted molar refractivity (Wildman–Crippen MR) is 61.2 cm³/mol. The molecule has 0 aromatic carbocycles. The fourth-order valence-corrected chi connectivity index (χ4v) is 2.18. The van der Waals surface area contributed by atoms with Gasteiger partial charge in [-0.05, 0) is 37.5 Å². The lowest BCUT2D eigenvalue weighted by Crippen LogP contribution is -2.16. The number of esters is 1. The summed E-state index contributed by atoms with van der Waals surface area (Å²) in [5.41, 5.74) is 0. The van der Waals surface area contributed by atoms with Crippen molar-refractivity contribution in [1.82, 2.24) is 0 Å². The van der Waals surface area contributed by atoms with Gasteiger partial charge in [-0.25, -0.2) is 0 Å². The fraction of sp³-hybridized carbons (Fsp3) is 0.846. The van der Waals surface area contributed by atoms with Crippen molar-refractivity contribution in [3.05, 3.63) is 6.92 Å². The van der Waals surface area contributed by atoms with Crippen LogP contribution in [0.15, 0.2) is 0 Å². The Morgan fingerprint density at radius 2 is 2.27 bits per heavy atom. The van der Waals surface area contributed by atoms with Crippen molar-refractivity contribution in [3.8, 4) is 0 Å². The van der Waals surface area contributed by atoms with Crippen molar-refractivity contribution in [1.29, 1.82) is 0 Å². The highest BCUT2D eigenvalue weighted by Gasteiger charge is 2.32. The third-order valence-corrected chi connectivity index (χ3v) is 3.35. The topological polar surface area (TPSA) is 26.3 Å². The monoisotopic (exact) mass is 211 g/mol. The van der Waals surface area contributed by atoms with Crippen LogP contribution < -0.4 is 0 Å². The minimum Gasteiger partial charge on any atom is -0.465 e. The standard InChI is InChI=1S/C13H23O2/c1-4-5-8-15-13(14)12-7-6-11(9-12)10(2)3/h10-12H,2,4-9H2,1,3H3. The van der Waals surface area contributed by atoms with Crippen LogP contribution in [0.3, 0.4) is 0 Å². The maximum atomic E-state index is 11.6.